The number of thiazole rings is 1. The second-order valence-electron chi connectivity index (χ2n) is 4.68. The van der Waals surface area contributed by atoms with Gasteiger partial charge >= 0.3 is 5.97 Å². The molecule has 1 aromatic heterocycles. The van der Waals surface area contributed by atoms with Gasteiger partial charge in [0.15, 0.2) is 5.13 Å². The lowest BCUT2D eigenvalue weighted by Gasteiger charge is -2.06. The van der Waals surface area contributed by atoms with Crippen molar-refractivity contribution in [2.24, 2.45) is 0 Å². The Morgan fingerprint density at radius 1 is 1.43 bits per heavy atom. The Bertz CT molecular complexity index is 718. The number of nitrogens with one attached hydrogen (secondary N) is 1. The summed E-state index contributed by atoms with van der Waals surface area (Å²) >= 11 is 6.15. The molecule has 0 bridgehead atoms. The smallest absolute Gasteiger partial charge is 0.316 e. The van der Waals surface area contributed by atoms with Crippen LogP contribution in [0.2, 0.25) is 0 Å². The van der Waals surface area contributed by atoms with E-state index in [-0.39, 0.29) is 24.2 Å². The molecule has 0 unspecified atom stereocenters. The summed E-state index contributed by atoms with van der Waals surface area (Å²) in [6, 6.07) is 5.92. The maximum atomic E-state index is 11.8. The van der Waals surface area contributed by atoms with Crippen LogP contribution in [-0.4, -0.2) is 22.6 Å². The van der Waals surface area contributed by atoms with Crippen molar-refractivity contribution in [3.8, 4) is 0 Å². The van der Waals surface area contributed by atoms with E-state index in [1.165, 1.54) is 30.0 Å². The number of thioether (sulfide) groups is 1. The van der Waals surface area contributed by atoms with E-state index in [4.69, 9.17) is 4.74 Å². The van der Waals surface area contributed by atoms with E-state index in [2.05, 4.69) is 26.2 Å². The van der Waals surface area contributed by atoms with Crippen molar-refractivity contribution < 1.29 is 14.3 Å². The van der Waals surface area contributed by atoms with Gasteiger partial charge < -0.3 is 10.1 Å². The number of ether oxygens (including phenoxy) is 1. The molecule has 0 saturated heterocycles. The van der Waals surface area contributed by atoms with Gasteiger partial charge in [-0.25, -0.2) is 4.98 Å². The van der Waals surface area contributed by atoms with E-state index in [0.717, 1.165) is 14.9 Å². The van der Waals surface area contributed by atoms with Crippen LogP contribution in [0.5, 0.6) is 0 Å². The van der Waals surface area contributed by atoms with E-state index < -0.39 is 0 Å². The number of hydrogen-bond donors (Lipinski definition) is 1. The Hall–Kier alpha value is -1.38. The van der Waals surface area contributed by atoms with Gasteiger partial charge in [-0.05, 0) is 30.7 Å². The predicted octanol–water partition coefficient (Wildman–Crippen LogP) is 4.01. The fourth-order valence-electron chi connectivity index (χ4n) is 1.69. The van der Waals surface area contributed by atoms with Crippen LogP contribution in [0.3, 0.4) is 0 Å². The third-order valence-corrected chi connectivity index (χ3v) is 5.15. The minimum atomic E-state index is -0.300. The van der Waals surface area contributed by atoms with Crippen molar-refractivity contribution >= 4 is 56.0 Å². The van der Waals surface area contributed by atoms with Crippen LogP contribution in [-0.2, 0) is 20.9 Å². The third-order valence-electron chi connectivity index (χ3n) is 2.70. The molecule has 0 spiro atoms. The van der Waals surface area contributed by atoms with Gasteiger partial charge in [-0.1, -0.05) is 15.9 Å². The van der Waals surface area contributed by atoms with Crippen molar-refractivity contribution in [1.29, 1.82) is 0 Å². The average Bonchev–Trinajstić information content (AvgIpc) is 2.91. The SMILES string of the molecule is CC(=O)Nc1nc(COC(=O)CSc2ccc(Br)cc2C)cs1. The fourth-order valence-corrected chi connectivity index (χ4v) is 3.71. The molecule has 0 saturated carbocycles. The molecule has 5 nitrogen and oxygen atoms in total. The molecule has 0 aliphatic rings. The van der Waals surface area contributed by atoms with E-state index in [9.17, 15) is 9.59 Å². The monoisotopic (exact) mass is 414 g/mol. The van der Waals surface area contributed by atoms with Crippen LogP contribution in [0.15, 0.2) is 32.9 Å². The average molecular weight is 415 g/mol. The lowest BCUT2D eigenvalue weighted by Crippen LogP contribution is -2.08. The summed E-state index contributed by atoms with van der Waals surface area (Å²) in [4.78, 5) is 27.9. The molecule has 1 heterocycles. The topological polar surface area (TPSA) is 68.3 Å². The van der Waals surface area contributed by atoms with Gasteiger partial charge in [0.25, 0.3) is 0 Å². The fraction of sp³-hybridized carbons (Fsp3) is 0.267. The molecule has 122 valence electrons. The zero-order valence-electron chi connectivity index (χ0n) is 12.6. The highest BCUT2D eigenvalue weighted by atomic mass is 79.9. The number of aromatic nitrogens is 1. The van der Waals surface area contributed by atoms with Gasteiger partial charge in [0, 0.05) is 21.7 Å². The van der Waals surface area contributed by atoms with E-state index >= 15 is 0 Å². The first-order valence-electron chi connectivity index (χ1n) is 6.70. The van der Waals surface area contributed by atoms with E-state index in [0.29, 0.717) is 10.8 Å². The highest BCUT2D eigenvalue weighted by Gasteiger charge is 2.09. The number of hydrogen-bond acceptors (Lipinski definition) is 6. The van der Waals surface area contributed by atoms with Crippen LogP contribution in [0.4, 0.5) is 5.13 Å². The second kappa shape index (κ2) is 8.47. The molecule has 0 aliphatic heterocycles. The first kappa shape index (κ1) is 18.0. The van der Waals surface area contributed by atoms with Gasteiger partial charge in [0.1, 0.15) is 6.61 Å². The van der Waals surface area contributed by atoms with Crippen LogP contribution in [0.25, 0.3) is 0 Å². The molecule has 2 aromatic rings. The molecule has 1 amide bonds. The number of benzene rings is 1. The van der Waals surface area contributed by atoms with Gasteiger partial charge in [0.05, 0.1) is 11.4 Å². The zero-order valence-corrected chi connectivity index (χ0v) is 15.8. The van der Waals surface area contributed by atoms with Gasteiger partial charge in [-0.15, -0.1) is 23.1 Å². The van der Waals surface area contributed by atoms with Gasteiger partial charge in [-0.2, -0.15) is 0 Å². The molecule has 8 heteroatoms. The molecule has 1 aromatic carbocycles. The molecule has 0 fully saturated rings. The number of halogens is 1. The molecule has 23 heavy (non-hydrogen) atoms. The minimum Gasteiger partial charge on any atom is -0.459 e. The number of amides is 1. The maximum absolute atomic E-state index is 11.8. The number of anilines is 1. The lowest BCUT2D eigenvalue weighted by atomic mass is 10.2. The number of esters is 1. The summed E-state index contributed by atoms with van der Waals surface area (Å²) in [6.45, 7) is 3.52. The molecule has 2 rings (SSSR count). The first-order chi connectivity index (χ1) is 10.9. The summed E-state index contributed by atoms with van der Waals surface area (Å²) in [5.41, 5.74) is 1.73. The number of aryl methyl sites for hydroxylation is 1. The Morgan fingerprint density at radius 3 is 2.91 bits per heavy atom. The third kappa shape index (κ3) is 5.96. The maximum Gasteiger partial charge on any atom is 0.316 e. The van der Waals surface area contributed by atoms with Crippen molar-refractivity contribution in [1.82, 2.24) is 4.98 Å². The Balaban J connectivity index is 1.78. The van der Waals surface area contributed by atoms with Crippen molar-refractivity contribution in [3.63, 3.8) is 0 Å². The molecule has 1 N–H and O–H groups in total. The summed E-state index contributed by atoms with van der Waals surface area (Å²) in [5, 5.41) is 4.85. The first-order valence-corrected chi connectivity index (χ1v) is 9.36. The van der Waals surface area contributed by atoms with Crippen LogP contribution >= 0.6 is 39.0 Å². The van der Waals surface area contributed by atoms with Crippen molar-refractivity contribution in [2.45, 2.75) is 25.3 Å². The van der Waals surface area contributed by atoms with Gasteiger partial charge in [-0.3, -0.25) is 9.59 Å². The lowest BCUT2D eigenvalue weighted by molar-refractivity contribution is -0.141. The molecule has 0 aliphatic carbocycles. The number of rotatable bonds is 6. The standard InChI is InChI=1S/C15H15BrN2O3S2/c1-9-5-11(16)3-4-13(9)22-8-14(20)21-6-12-7-23-15(18-12)17-10(2)19/h3-5,7H,6,8H2,1-2H3,(H,17,18,19). The second-order valence-corrected chi connectivity index (χ2v) is 7.48. The highest BCUT2D eigenvalue weighted by Crippen LogP contribution is 2.25. The highest BCUT2D eigenvalue weighted by molar-refractivity contribution is 9.10. The number of carbonyl (C=O) groups excluding carboxylic acids is 2. The summed E-state index contributed by atoms with van der Waals surface area (Å²) < 4.78 is 6.21. The van der Waals surface area contributed by atoms with Gasteiger partial charge in [0.2, 0.25) is 5.91 Å². The Morgan fingerprint density at radius 2 is 2.22 bits per heavy atom. The Labute approximate surface area is 151 Å². The quantitative estimate of drug-likeness (QED) is 0.571. The van der Waals surface area contributed by atoms with E-state index in [1.807, 2.05) is 25.1 Å². The molecular formula is C15H15BrN2O3S2. The van der Waals surface area contributed by atoms with Crippen LogP contribution < -0.4 is 5.32 Å². The zero-order chi connectivity index (χ0) is 16.8. The van der Waals surface area contributed by atoms with Crippen LogP contribution in [0.1, 0.15) is 18.2 Å². The molecule has 0 atom stereocenters. The van der Waals surface area contributed by atoms with Crippen LogP contribution in [0, 0.1) is 6.92 Å². The summed E-state index contributed by atoms with van der Waals surface area (Å²) in [6.07, 6.45) is 0. The summed E-state index contributed by atoms with van der Waals surface area (Å²) in [5.74, 6) is -0.235. The van der Waals surface area contributed by atoms with E-state index in [1.54, 1.807) is 5.38 Å². The molecular weight excluding hydrogens is 400 g/mol. The minimum absolute atomic E-state index is 0.106. The normalized spacial score (nSPS) is 10.4. The predicted molar refractivity (Wildman–Crippen MR) is 95.8 cm³/mol. The summed E-state index contributed by atoms with van der Waals surface area (Å²) in [7, 11) is 0. The molecule has 0 radical (unpaired) electrons. The Kier molecular flexibility index (Phi) is 6.61. The number of nitrogens with zero attached hydrogens (tertiary/aromatic N) is 1. The largest absolute Gasteiger partial charge is 0.459 e. The van der Waals surface area contributed by atoms with Crippen molar-refractivity contribution in [2.75, 3.05) is 11.1 Å². The number of carbonyl (C=O) groups is 2. The van der Waals surface area contributed by atoms with Crippen molar-refractivity contribution in [3.05, 3.63) is 39.3 Å².